The highest BCUT2D eigenvalue weighted by molar-refractivity contribution is 5.77. The van der Waals surface area contributed by atoms with E-state index < -0.39 is 0 Å². The summed E-state index contributed by atoms with van der Waals surface area (Å²) < 4.78 is 10.3. The first-order chi connectivity index (χ1) is 9.40. The maximum Gasteiger partial charge on any atom is 0.246 e. The number of rotatable bonds is 6. The molecule has 1 amide bonds. The number of carbonyl (C=O) groups is 1. The second kappa shape index (κ2) is 7.29. The van der Waals surface area contributed by atoms with E-state index in [1.165, 1.54) is 7.11 Å². The Hall–Kier alpha value is -1.55. The first-order valence-electron chi connectivity index (χ1n) is 6.87. The quantitative estimate of drug-likeness (QED) is 0.871. The van der Waals surface area contributed by atoms with E-state index in [1.807, 2.05) is 19.9 Å². The third-order valence-corrected chi connectivity index (χ3v) is 3.36. The topological polar surface area (TPSA) is 47.6 Å². The van der Waals surface area contributed by atoms with Gasteiger partial charge in [0, 0.05) is 7.11 Å². The minimum absolute atomic E-state index is 0.0546. The maximum absolute atomic E-state index is 11.6. The van der Waals surface area contributed by atoms with E-state index in [4.69, 9.17) is 9.47 Å². The van der Waals surface area contributed by atoms with Crippen LogP contribution in [-0.4, -0.2) is 26.7 Å². The molecule has 0 bridgehead atoms. The summed E-state index contributed by atoms with van der Waals surface area (Å²) >= 11 is 0. The van der Waals surface area contributed by atoms with Crippen LogP contribution in [-0.2, 0) is 9.53 Å². The van der Waals surface area contributed by atoms with E-state index in [1.54, 1.807) is 7.11 Å². The van der Waals surface area contributed by atoms with Crippen LogP contribution in [0.15, 0.2) is 12.1 Å². The summed E-state index contributed by atoms with van der Waals surface area (Å²) in [5.41, 5.74) is 3.37. The van der Waals surface area contributed by atoms with Gasteiger partial charge in [0.05, 0.1) is 13.2 Å². The molecule has 1 aromatic rings. The van der Waals surface area contributed by atoms with Gasteiger partial charge in [-0.15, -0.1) is 0 Å². The van der Waals surface area contributed by atoms with E-state index >= 15 is 0 Å². The van der Waals surface area contributed by atoms with Gasteiger partial charge in [-0.1, -0.05) is 13.8 Å². The Labute approximate surface area is 121 Å². The van der Waals surface area contributed by atoms with E-state index in [9.17, 15) is 4.79 Å². The van der Waals surface area contributed by atoms with Crippen LogP contribution in [0.4, 0.5) is 0 Å². The van der Waals surface area contributed by atoms with Crippen molar-refractivity contribution >= 4 is 5.91 Å². The second-order valence-corrected chi connectivity index (χ2v) is 5.33. The highest BCUT2D eigenvalue weighted by Gasteiger charge is 2.16. The van der Waals surface area contributed by atoms with Crippen molar-refractivity contribution in [3.05, 3.63) is 28.8 Å². The number of ether oxygens (including phenoxy) is 2. The third-order valence-electron chi connectivity index (χ3n) is 3.36. The SMILES string of the molecule is COCC(=O)N[C@H](C)c1cc(C(C)C)c(OC)cc1C. The number of amides is 1. The van der Waals surface area contributed by atoms with Gasteiger partial charge in [0.25, 0.3) is 0 Å². The van der Waals surface area contributed by atoms with Crippen LogP contribution < -0.4 is 10.1 Å². The molecular weight excluding hydrogens is 254 g/mol. The molecule has 0 aliphatic heterocycles. The summed E-state index contributed by atoms with van der Waals surface area (Å²) in [5.74, 6) is 1.16. The fraction of sp³-hybridized carbons (Fsp3) is 0.562. The minimum atomic E-state index is -0.110. The van der Waals surface area contributed by atoms with Crippen molar-refractivity contribution in [3.8, 4) is 5.75 Å². The molecule has 1 aromatic carbocycles. The standard InChI is InChI=1S/C16H25NO3/c1-10(2)13-8-14(11(3)7-15(13)20-6)12(4)17-16(18)9-19-5/h7-8,10,12H,9H2,1-6H3,(H,17,18)/t12-/m1/s1. The van der Waals surface area contributed by atoms with Gasteiger partial charge in [-0.05, 0) is 48.6 Å². The first-order valence-corrected chi connectivity index (χ1v) is 6.87. The fourth-order valence-corrected chi connectivity index (χ4v) is 2.30. The summed E-state index contributed by atoms with van der Waals surface area (Å²) in [6.45, 7) is 8.35. The molecule has 1 rings (SSSR count). The van der Waals surface area contributed by atoms with Crippen LogP contribution in [0.1, 0.15) is 49.4 Å². The Morgan fingerprint density at radius 1 is 1.20 bits per heavy atom. The minimum Gasteiger partial charge on any atom is -0.496 e. The molecule has 0 aliphatic rings. The average Bonchev–Trinajstić information content (AvgIpc) is 2.37. The normalized spacial score (nSPS) is 12.3. The number of benzene rings is 1. The first kappa shape index (κ1) is 16.5. The maximum atomic E-state index is 11.6. The van der Waals surface area contributed by atoms with Crippen molar-refractivity contribution < 1.29 is 14.3 Å². The zero-order valence-electron chi connectivity index (χ0n) is 13.2. The molecule has 0 spiro atoms. The van der Waals surface area contributed by atoms with Crippen LogP contribution in [0.2, 0.25) is 0 Å². The Bertz CT molecular complexity index is 469. The Morgan fingerprint density at radius 3 is 2.35 bits per heavy atom. The molecule has 0 aliphatic carbocycles. The number of aryl methyl sites for hydroxylation is 1. The zero-order chi connectivity index (χ0) is 15.3. The lowest BCUT2D eigenvalue weighted by atomic mass is 9.93. The zero-order valence-corrected chi connectivity index (χ0v) is 13.2. The average molecular weight is 279 g/mol. The lowest BCUT2D eigenvalue weighted by Gasteiger charge is -2.21. The third kappa shape index (κ3) is 3.97. The van der Waals surface area contributed by atoms with Crippen LogP contribution >= 0.6 is 0 Å². The van der Waals surface area contributed by atoms with Gasteiger partial charge < -0.3 is 14.8 Å². The van der Waals surface area contributed by atoms with Gasteiger partial charge >= 0.3 is 0 Å². The smallest absolute Gasteiger partial charge is 0.246 e. The molecule has 0 saturated heterocycles. The summed E-state index contributed by atoms with van der Waals surface area (Å²) in [6, 6.07) is 4.10. The molecule has 0 unspecified atom stereocenters. The fourth-order valence-electron chi connectivity index (χ4n) is 2.30. The monoisotopic (exact) mass is 279 g/mol. The summed E-state index contributed by atoms with van der Waals surface area (Å²) in [7, 11) is 3.20. The summed E-state index contributed by atoms with van der Waals surface area (Å²) in [5, 5.41) is 2.94. The molecular formula is C16H25NO3. The Morgan fingerprint density at radius 2 is 1.85 bits per heavy atom. The predicted molar refractivity (Wildman–Crippen MR) is 80.3 cm³/mol. The van der Waals surface area contributed by atoms with E-state index in [0.717, 1.165) is 22.4 Å². The van der Waals surface area contributed by atoms with Crippen molar-refractivity contribution in [2.24, 2.45) is 0 Å². The number of hydrogen-bond donors (Lipinski definition) is 1. The van der Waals surface area contributed by atoms with Crippen molar-refractivity contribution in [1.82, 2.24) is 5.32 Å². The van der Waals surface area contributed by atoms with Crippen molar-refractivity contribution in [2.45, 2.75) is 39.7 Å². The van der Waals surface area contributed by atoms with Gasteiger partial charge in [0.1, 0.15) is 12.4 Å². The van der Waals surface area contributed by atoms with Gasteiger partial charge in [0.2, 0.25) is 5.91 Å². The Balaban J connectivity index is 3.05. The van der Waals surface area contributed by atoms with E-state index in [-0.39, 0.29) is 18.6 Å². The number of nitrogens with one attached hydrogen (secondary N) is 1. The molecule has 112 valence electrons. The number of hydrogen-bond acceptors (Lipinski definition) is 3. The van der Waals surface area contributed by atoms with Gasteiger partial charge in [0.15, 0.2) is 0 Å². The second-order valence-electron chi connectivity index (χ2n) is 5.33. The molecule has 4 nitrogen and oxygen atoms in total. The molecule has 20 heavy (non-hydrogen) atoms. The van der Waals surface area contributed by atoms with Crippen molar-refractivity contribution in [2.75, 3.05) is 20.8 Å². The summed E-state index contributed by atoms with van der Waals surface area (Å²) in [4.78, 5) is 11.6. The van der Waals surface area contributed by atoms with Crippen LogP contribution in [0.3, 0.4) is 0 Å². The van der Waals surface area contributed by atoms with E-state index in [2.05, 4.69) is 25.2 Å². The van der Waals surface area contributed by atoms with Gasteiger partial charge in [-0.2, -0.15) is 0 Å². The molecule has 0 heterocycles. The van der Waals surface area contributed by atoms with Gasteiger partial charge in [-0.3, -0.25) is 4.79 Å². The van der Waals surface area contributed by atoms with Gasteiger partial charge in [-0.25, -0.2) is 0 Å². The van der Waals surface area contributed by atoms with E-state index in [0.29, 0.717) is 5.92 Å². The van der Waals surface area contributed by atoms with Crippen molar-refractivity contribution in [1.29, 1.82) is 0 Å². The van der Waals surface area contributed by atoms with Crippen LogP contribution in [0, 0.1) is 6.92 Å². The molecule has 0 radical (unpaired) electrons. The van der Waals surface area contributed by atoms with Crippen LogP contribution in [0.25, 0.3) is 0 Å². The highest BCUT2D eigenvalue weighted by Crippen LogP contribution is 2.31. The molecule has 1 atom stereocenters. The van der Waals surface area contributed by atoms with Crippen molar-refractivity contribution in [3.63, 3.8) is 0 Å². The molecule has 0 saturated carbocycles. The molecule has 1 N–H and O–H groups in total. The predicted octanol–water partition coefficient (Wildman–Crippen LogP) is 2.95. The lowest BCUT2D eigenvalue weighted by Crippen LogP contribution is -2.30. The molecule has 4 heteroatoms. The number of methoxy groups -OCH3 is 2. The lowest BCUT2D eigenvalue weighted by molar-refractivity contribution is -0.125. The summed E-state index contributed by atoms with van der Waals surface area (Å²) in [6.07, 6.45) is 0. The largest absolute Gasteiger partial charge is 0.496 e. The molecule has 0 aromatic heterocycles. The number of carbonyl (C=O) groups excluding carboxylic acids is 1. The van der Waals surface area contributed by atoms with Crippen LogP contribution in [0.5, 0.6) is 5.75 Å². The highest BCUT2D eigenvalue weighted by atomic mass is 16.5. The molecule has 0 fully saturated rings. The Kier molecular flexibility index (Phi) is 6.02.